The van der Waals surface area contributed by atoms with E-state index < -0.39 is 5.60 Å². The van der Waals surface area contributed by atoms with Crippen LogP contribution in [0.25, 0.3) is 0 Å². The number of nitrogens with two attached hydrogens (primary N) is 1. The fourth-order valence-electron chi connectivity index (χ4n) is 2.62. The first-order valence-electron chi connectivity index (χ1n) is 6.83. The Balaban J connectivity index is 2.40. The molecule has 0 aromatic heterocycles. The van der Waals surface area contributed by atoms with E-state index in [-0.39, 0.29) is 5.84 Å². The molecule has 5 heteroatoms. The second kappa shape index (κ2) is 6.50. The summed E-state index contributed by atoms with van der Waals surface area (Å²) in [6.07, 6.45) is 1.70. The van der Waals surface area contributed by atoms with Crippen LogP contribution in [0, 0.1) is 5.41 Å². The van der Waals surface area contributed by atoms with E-state index in [1.165, 1.54) is 0 Å². The lowest BCUT2D eigenvalue weighted by Gasteiger charge is -2.40. The minimum absolute atomic E-state index is 0.278. The van der Waals surface area contributed by atoms with Gasteiger partial charge in [-0.05, 0) is 20.3 Å². The number of hydrogen-bond donors (Lipinski definition) is 3. The van der Waals surface area contributed by atoms with Gasteiger partial charge in [-0.3, -0.25) is 15.2 Å². The molecule has 1 heterocycles. The highest BCUT2D eigenvalue weighted by atomic mass is 16.3. The number of amidine groups is 1. The highest BCUT2D eigenvalue weighted by Crippen LogP contribution is 2.14. The van der Waals surface area contributed by atoms with Crippen LogP contribution in [-0.2, 0) is 0 Å². The molecule has 1 unspecified atom stereocenters. The zero-order chi connectivity index (χ0) is 13.8. The molecule has 0 radical (unpaired) electrons. The van der Waals surface area contributed by atoms with Crippen molar-refractivity contribution < 1.29 is 5.11 Å². The summed E-state index contributed by atoms with van der Waals surface area (Å²) < 4.78 is 0. The van der Waals surface area contributed by atoms with Gasteiger partial charge in [0, 0.05) is 45.2 Å². The third kappa shape index (κ3) is 5.33. The van der Waals surface area contributed by atoms with E-state index in [1.54, 1.807) is 0 Å². The van der Waals surface area contributed by atoms with Gasteiger partial charge in [0.1, 0.15) is 0 Å². The molecule has 0 bridgehead atoms. The Bertz CT molecular complexity index is 267. The maximum atomic E-state index is 9.81. The van der Waals surface area contributed by atoms with Crippen molar-refractivity contribution in [2.24, 2.45) is 5.73 Å². The molecule has 0 aromatic carbocycles. The van der Waals surface area contributed by atoms with Gasteiger partial charge in [-0.25, -0.2) is 0 Å². The minimum Gasteiger partial charge on any atom is -0.389 e. The Morgan fingerprint density at radius 1 is 1.33 bits per heavy atom. The zero-order valence-corrected chi connectivity index (χ0v) is 11.9. The standard InChI is InChI=1S/C13H28N4O/c1-4-11(9-12(14)15)17-7-5-16(6-8-17)10-13(2,3)18/h11,18H,4-10H2,1-3H3,(H3,14,15). The lowest BCUT2D eigenvalue weighted by atomic mass is 10.1. The van der Waals surface area contributed by atoms with Gasteiger partial charge in [0.25, 0.3) is 0 Å². The molecule has 1 rings (SSSR count). The van der Waals surface area contributed by atoms with Gasteiger partial charge < -0.3 is 10.8 Å². The van der Waals surface area contributed by atoms with Crippen LogP contribution in [0.1, 0.15) is 33.6 Å². The number of hydrogen-bond acceptors (Lipinski definition) is 4. The van der Waals surface area contributed by atoms with Gasteiger partial charge in [-0.1, -0.05) is 6.92 Å². The van der Waals surface area contributed by atoms with Gasteiger partial charge in [0.05, 0.1) is 11.4 Å². The van der Waals surface area contributed by atoms with Gasteiger partial charge in [-0.15, -0.1) is 0 Å². The largest absolute Gasteiger partial charge is 0.389 e. The highest BCUT2D eigenvalue weighted by Gasteiger charge is 2.26. The number of nitrogens with zero attached hydrogens (tertiary/aromatic N) is 2. The molecule has 4 N–H and O–H groups in total. The summed E-state index contributed by atoms with van der Waals surface area (Å²) in [5.74, 6) is 0.278. The summed E-state index contributed by atoms with van der Waals surface area (Å²) in [7, 11) is 0. The summed E-state index contributed by atoms with van der Waals surface area (Å²) in [4.78, 5) is 4.72. The zero-order valence-electron chi connectivity index (χ0n) is 11.9. The summed E-state index contributed by atoms with van der Waals surface area (Å²) in [6.45, 7) is 10.6. The quantitative estimate of drug-likeness (QED) is 0.477. The predicted octanol–water partition coefficient (Wildman–Crippen LogP) is 0.480. The highest BCUT2D eigenvalue weighted by molar-refractivity contribution is 5.77. The maximum Gasteiger partial charge on any atom is 0.0921 e. The van der Waals surface area contributed by atoms with Crippen LogP contribution in [0.5, 0.6) is 0 Å². The van der Waals surface area contributed by atoms with E-state index in [9.17, 15) is 5.11 Å². The smallest absolute Gasteiger partial charge is 0.0921 e. The van der Waals surface area contributed by atoms with Crippen molar-refractivity contribution in [1.82, 2.24) is 9.80 Å². The number of aliphatic hydroxyl groups is 1. The SMILES string of the molecule is CCC(CC(=N)N)N1CCN(CC(C)(C)O)CC1. The van der Waals surface area contributed by atoms with E-state index in [2.05, 4.69) is 16.7 Å². The van der Waals surface area contributed by atoms with E-state index in [4.69, 9.17) is 11.1 Å². The number of nitrogens with one attached hydrogen (secondary N) is 1. The van der Waals surface area contributed by atoms with Gasteiger partial charge in [0.15, 0.2) is 0 Å². The Morgan fingerprint density at radius 3 is 2.28 bits per heavy atom. The van der Waals surface area contributed by atoms with Gasteiger partial charge in [-0.2, -0.15) is 0 Å². The minimum atomic E-state index is -0.619. The summed E-state index contributed by atoms with van der Waals surface area (Å²) in [6, 6.07) is 0.395. The van der Waals surface area contributed by atoms with Crippen molar-refractivity contribution in [3.63, 3.8) is 0 Å². The second-order valence-electron chi connectivity index (χ2n) is 5.92. The average molecular weight is 256 g/mol. The lowest BCUT2D eigenvalue weighted by molar-refractivity contribution is 0.0111. The number of rotatable bonds is 6. The van der Waals surface area contributed by atoms with Crippen molar-refractivity contribution in [3.8, 4) is 0 Å². The Hall–Kier alpha value is -0.650. The average Bonchev–Trinajstić information content (AvgIpc) is 2.24. The topological polar surface area (TPSA) is 76.6 Å². The summed E-state index contributed by atoms with van der Waals surface area (Å²) in [5.41, 5.74) is 4.88. The van der Waals surface area contributed by atoms with Gasteiger partial charge >= 0.3 is 0 Å². The van der Waals surface area contributed by atoms with Crippen molar-refractivity contribution in [1.29, 1.82) is 5.41 Å². The molecule has 18 heavy (non-hydrogen) atoms. The Morgan fingerprint density at radius 2 is 1.89 bits per heavy atom. The summed E-state index contributed by atoms with van der Waals surface area (Å²) in [5, 5.41) is 17.2. The molecule has 5 nitrogen and oxygen atoms in total. The number of β-amino-alcohol motifs (C(OH)–C–C–N with tert-alkyl or cyclic N) is 1. The number of piperazine rings is 1. The molecule has 106 valence electrons. The van der Waals surface area contributed by atoms with E-state index in [0.29, 0.717) is 12.5 Å². The van der Waals surface area contributed by atoms with Crippen LogP contribution in [0.15, 0.2) is 0 Å². The van der Waals surface area contributed by atoms with Crippen LogP contribution in [-0.4, -0.2) is 65.1 Å². The molecule has 1 aliphatic rings. The monoisotopic (exact) mass is 256 g/mol. The third-order valence-corrected chi connectivity index (χ3v) is 3.46. The van der Waals surface area contributed by atoms with Crippen LogP contribution in [0.3, 0.4) is 0 Å². The van der Waals surface area contributed by atoms with Gasteiger partial charge in [0.2, 0.25) is 0 Å². The lowest BCUT2D eigenvalue weighted by Crippen LogP contribution is -2.53. The van der Waals surface area contributed by atoms with Crippen LogP contribution in [0.2, 0.25) is 0 Å². The van der Waals surface area contributed by atoms with Crippen LogP contribution >= 0.6 is 0 Å². The molecule has 0 amide bonds. The van der Waals surface area contributed by atoms with Crippen molar-refractivity contribution >= 4 is 5.84 Å². The third-order valence-electron chi connectivity index (χ3n) is 3.46. The molecule has 0 saturated carbocycles. The first kappa shape index (κ1) is 15.4. The maximum absolute atomic E-state index is 9.81. The molecule has 1 atom stereocenters. The first-order chi connectivity index (χ1) is 8.31. The fraction of sp³-hybridized carbons (Fsp3) is 0.923. The molecular formula is C13H28N4O. The molecule has 0 spiro atoms. The normalized spacial score (nSPS) is 20.9. The van der Waals surface area contributed by atoms with Crippen molar-refractivity contribution in [3.05, 3.63) is 0 Å². The first-order valence-corrected chi connectivity index (χ1v) is 6.83. The molecule has 0 aliphatic carbocycles. The fourth-order valence-corrected chi connectivity index (χ4v) is 2.62. The Kier molecular flexibility index (Phi) is 5.56. The molecular weight excluding hydrogens is 228 g/mol. The van der Waals surface area contributed by atoms with Crippen LogP contribution < -0.4 is 5.73 Å². The van der Waals surface area contributed by atoms with E-state index >= 15 is 0 Å². The van der Waals surface area contributed by atoms with Crippen molar-refractivity contribution in [2.75, 3.05) is 32.7 Å². The van der Waals surface area contributed by atoms with Crippen LogP contribution in [0.4, 0.5) is 0 Å². The predicted molar refractivity (Wildman–Crippen MR) is 74.9 cm³/mol. The van der Waals surface area contributed by atoms with E-state index in [1.807, 2.05) is 13.8 Å². The molecule has 1 fully saturated rings. The van der Waals surface area contributed by atoms with Crippen molar-refractivity contribution in [2.45, 2.75) is 45.3 Å². The molecule has 1 saturated heterocycles. The summed E-state index contributed by atoms with van der Waals surface area (Å²) >= 11 is 0. The van der Waals surface area contributed by atoms with E-state index in [0.717, 1.165) is 39.1 Å². The second-order valence-corrected chi connectivity index (χ2v) is 5.92. The molecule has 0 aromatic rings. The molecule has 1 aliphatic heterocycles. The Labute approximate surface area is 110 Å².